The lowest BCUT2D eigenvalue weighted by Gasteiger charge is -2.26. The van der Waals surface area contributed by atoms with Gasteiger partial charge in [-0.15, -0.1) is 11.8 Å². The SMILES string of the molecule is CCOC(=O)Cn1cc(/C=c2/sc3n(c2=O)C(c2ccc(SC)cc2)C(C(=O)OCC)=C(c2ccccc2)N=3)c2ccccc21. The van der Waals surface area contributed by atoms with Crippen molar-refractivity contribution in [2.45, 2.75) is 31.3 Å². The second-order valence-electron chi connectivity index (χ2n) is 10.2. The van der Waals surface area contributed by atoms with Crippen LogP contribution in [0.3, 0.4) is 0 Å². The zero-order valence-electron chi connectivity index (χ0n) is 25.1. The molecule has 6 rings (SSSR count). The quantitative estimate of drug-likeness (QED) is 0.164. The number of thioether (sulfide) groups is 1. The van der Waals surface area contributed by atoms with E-state index in [0.717, 1.165) is 32.5 Å². The highest BCUT2D eigenvalue weighted by molar-refractivity contribution is 7.98. The van der Waals surface area contributed by atoms with Crippen LogP contribution in [0.1, 0.15) is 36.6 Å². The summed E-state index contributed by atoms with van der Waals surface area (Å²) in [5.74, 6) is -0.855. The van der Waals surface area contributed by atoms with Gasteiger partial charge in [-0.05, 0) is 49.9 Å². The van der Waals surface area contributed by atoms with Gasteiger partial charge in [0, 0.05) is 33.1 Å². The van der Waals surface area contributed by atoms with Crippen LogP contribution in [-0.4, -0.2) is 40.5 Å². The first kappa shape index (κ1) is 30.4. The van der Waals surface area contributed by atoms with Crippen LogP contribution < -0.4 is 14.9 Å². The maximum atomic E-state index is 14.3. The molecule has 0 bridgehead atoms. The Morgan fingerprint density at radius 1 is 0.956 bits per heavy atom. The summed E-state index contributed by atoms with van der Waals surface area (Å²) in [6.07, 6.45) is 5.69. The first-order valence-corrected chi connectivity index (χ1v) is 16.6. The molecule has 0 spiro atoms. The Kier molecular flexibility index (Phi) is 8.86. The van der Waals surface area contributed by atoms with E-state index in [1.54, 1.807) is 30.2 Å². The largest absolute Gasteiger partial charge is 0.465 e. The van der Waals surface area contributed by atoms with Crippen LogP contribution in [0, 0.1) is 0 Å². The second-order valence-corrected chi connectivity index (χ2v) is 12.1. The van der Waals surface area contributed by atoms with Crippen LogP contribution in [0.25, 0.3) is 22.7 Å². The van der Waals surface area contributed by atoms with E-state index in [1.807, 2.05) is 102 Å². The number of fused-ring (bicyclic) bond motifs is 2. The number of ether oxygens (including phenoxy) is 2. The molecule has 45 heavy (non-hydrogen) atoms. The highest BCUT2D eigenvalue weighted by Crippen LogP contribution is 2.35. The Hall–Kier alpha value is -4.67. The van der Waals surface area contributed by atoms with Crippen LogP contribution in [0.15, 0.2) is 105 Å². The third-order valence-corrected chi connectivity index (χ3v) is 9.24. The minimum Gasteiger partial charge on any atom is -0.465 e. The molecule has 1 unspecified atom stereocenters. The number of rotatable bonds is 9. The van der Waals surface area contributed by atoms with Crippen LogP contribution in [0.5, 0.6) is 0 Å². The van der Waals surface area contributed by atoms with Crippen molar-refractivity contribution in [3.63, 3.8) is 0 Å². The zero-order chi connectivity index (χ0) is 31.5. The molecule has 0 aliphatic carbocycles. The van der Waals surface area contributed by atoms with Crippen LogP contribution in [0.4, 0.5) is 0 Å². The topological polar surface area (TPSA) is 91.9 Å². The van der Waals surface area contributed by atoms with Crippen molar-refractivity contribution in [1.29, 1.82) is 0 Å². The summed E-state index contributed by atoms with van der Waals surface area (Å²) in [6, 6.07) is 24.3. The first-order chi connectivity index (χ1) is 21.9. The van der Waals surface area contributed by atoms with Crippen molar-refractivity contribution in [2.24, 2.45) is 4.99 Å². The van der Waals surface area contributed by atoms with Crippen molar-refractivity contribution in [3.8, 4) is 0 Å². The molecule has 8 nitrogen and oxygen atoms in total. The smallest absolute Gasteiger partial charge is 0.338 e. The molecule has 1 aliphatic rings. The lowest BCUT2D eigenvalue weighted by molar-refractivity contribution is -0.143. The monoisotopic (exact) mass is 637 g/mol. The lowest BCUT2D eigenvalue weighted by Crippen LogP contribution is -2.40. The van der Waals surface area contributed by atoms with E-state index >= 15 is 0 Å². The van der Waals surface area contributed by atoms with E-state index in [2.05, 4.69) is 0 Å². The molecule has 0 amide bonds. The predicted octanol–water partition coefficient (Wildman–Crippen LogP) is 5.18. The molecular formula is C35H31N3O5S2. The van der Waals surface area contributed by atoms with Gasteiger partial charge < -0.3 is 14.0 Å². The van der Waals surface area contributed by atoms with Crippen LogP contribution in [-0.2, 0) is 25.6 Å². The minimum absolute atomic E-state index is 0.0544. The Bertz CT molecular complexity index is 2110. The molecule has 1 aliphatic heterocycles. The Balaban J connectivity index is 1.59. The van der Waals surface area contributed by atoms with Crippen molar-refractivity contribution >= 4 is 57.7 Å². The van der Waals surface area contributed by atoms with Gasteiger partial charge in [0.15, 0.2) is 4.80 Å². The minimum atomic E-state index is -0.751. The van der Waals surface area contributed by atoms with E-state index in [-0.39, 0.29) is 24.7 Å². The number of para-hydroxylation sites is 1. The molecule has 3 aromatic carbocycles. The highest BCUT2D eigenvalue weighted by Gasteiger charge is 2.35. The maximum Gasteiger partial charge on any atom is 0.338 e. The molecule has 2 aromatic heterocycles. The standard InChI is InChI=1S/C35H31N3O5S2/c1-4-42-29(39)21-37-20-24(26-13-9-10-14-27(26)37)19-28-33(40)38-32(23-15-17-25(44-3)18-16-23)30(34(41)43-5-2)31(36-35(38)45-28)22-11-7-6-8-12-22/h6-20,32H,4-5,21H2,1-3H3/b28-19+. The van der Waals surface area contributed by atoms with Crippen molar-refractivity contribution in [2.75, 3.05) is 19.5 Å². The summed E-state index contributed by atoms with van der Waals surface area (Å²) < 4.78 is 14.6. The number of hydrogen-bond acceptors (Lipinski definition) is 8. The van der Waals surface area contributed by atoms with Gasteiger partial charge in [0.25, 0.3) is 5.56 Å². The third-order valence-electron chi connectivity index (χ3n) is 7.52. The first-order valence-electron chi connectivity index (χ1n) is 14.6. The average Bonchev–Trinajstić information content (AvgIpc) is 3.56. The predicted molar refractivity (Wildman–Crippen MR) is 178 cm³/mol. The molecule has 3 heterocycles. The third kappa shape index (κ3) is 5.91. The average molecular weight is 638 g/mol. The van der Waals surface area contributed by atoms with Crippen LogP contribution >= 0.6 is 23.1 Å². The Morgan fingerprint density at radius 2 is 1.67 bits per heavy atom. The number of esters is 2. The normalized spacial score (nSPS) is 14.7. The van der Waals surface area contributed by atoms with Crippen LogP contribution in [0.2, 0.25) is 0 Å². The van der Waals surface area contributed by atoms with Gasteiger partial charge in [-0.1, -0.05) is 72.0 Å². The van der Waals surface area contributed by atoms with Crippen molar-refractivity contribution in [3.05, 3.63) is 127 Å². The molecule has 0 N–H and O–H groups in total. The fourth-order valence-electron chi connectivity index (χ4n) is 5.55. The van der Waals surface area contributed by atoms with E-state index in [4.69, 9.17) is 14.5 Å². The Labute approximate surface area is 267 Å². The summed E-state index contributed by atoms with van der Waals surface area (Å²) in [5, 5.41) is 0.897. The van der Waals surface area contributed by atoms with Gasteiger partial charge in [0.1, 0.15) is 6.54 Å². The molecule has 5 aromatic rings. The number of hydrogen-bond donors (Lipinski definition) is 0. The molecule has 228 valence electrons. The molecule has 1 atom stereocenters. The summed E-state index contributed by atoms with van der Waals surface area (Å²) in [7, 11) is 0. The van der Waals surface area contributed by atoms with E-state index in [9.17, 15) is 14.4 Å². The summed E-state index contributed by atoms with van der Waals surface area (Å²) in [6.45, 7) is 4.07. The van der Waals surface area contributed by atoms with E-state index in [1.165, 1.54) is 11.3 Å². The number of nitrogens with zero attached hydrogens (tertiary/aromatic N) is 3. The molecular weight excluding hydrogens is 607 g/mol. The zero-order valence-corrected chi connectivity index (χ0v) is 26.7. The fourth-order valence-corrected chi connectivity index (χ4v) is 6.95. The molecule has 0 saturated heterocycles. The summed E-state index contributed by atoms with van der Waals surface area (Å²) in [5.41, 5.74) is 3.69. The lowest BCUT2D eigenvalue weighted by atomic mass is 9.93. The summed E-state index contributed by atoms with van der Waals surface area (Å²) in [4.78, 5) is 46.8. The highest BCUT2D eigenvalue weighted by atomic mass is 32.2. The van der Waals surface area contributed by atoms with Crippen molar-refractivity contribution in [1.82, 2.24) is 9.13 Å². The van der Waals surface area contributed by atoms with E-state index < -0.39 is 12.0 Å². The number of carbonyl (C=O) groups excluding carboxylic acids is 2. The van der Waals surface area contributed by atoms with Gasteiger partial charge in [-0.25, -0.2) is 9.79 Å². The number of aromatic nitrogens is 2. The van der Waals surface area contributed by atoms with Gasteiger partial charge >= 0.3 is 11.9 Å². The second kappa shape index (κ2) is 13.1. The summed E-state index contributed by atoms with van der Waals surface area (Å²) >= 11 is 2.88. The van der Waals surface area contributed by atoms with Gasteiger partial charge in [-0.2, -0.15) is 0 Å². The molecule has 0 fully saturated rings. The van der Waals surface area contributed by atoms with Crippen molar-refractivity contribution < 1.29 is 19.1 Å². The van der Waals surface area contributed by atoms with Gasteiger partial charge in [0.2, 0.25) is 0 Å². The van der Waals surface area contributed by atoms with Gasteiger partial charge in [-0.3, -0.25) is 14.2 Å². The van der Waals surface area contributed by atoms with Gasteiger partial charge in [0.05, 0.1) is 35.1 Å². The molecule has 10 heteroatoms. The Morgan fingerprint density at radius 3 is 2.38 bits per heavy atom. The van der Waals surface area contributed by atoms with E-state index in [0.29, 0.717) is 27.2 Å². The fraction of sp³-hybridized carbons (Fsp3) is 0.200. The maximum absolute atomic E-state index is 14.3. The number of thiazole rings is 1. The molecule has 0 radical (unpaired) electrons. The number of benzene rings is 3. The number of carbonyl (C=O) groups is 2. The molecule has 0 saturated carbocycles.